The molecule has 1 heterocycles. The fraction of sp³-hybridized carbons (Fsp3) is 0.258. The minimum atomic E-state index is -4.15. The van der Waals surface area contributed by atoms with Gasteiger partial charge in [0, 0.05) is 34.8 Å². The standard InChI is InChI=1S/C31H31N3O7S/c1-20-8-3-6-13-29(20)42(38,39)33-30(36)24-11-7-12-28(40-2)26(24)16-21-18-34(19-35)27-15-14-22(17-25(21)27)32-31(37)41-23-9-4-5-10-23/h3,6-8,11-15,17-19,23H,4-5,9-10,16H2,1-2H3,(H,32,37)(H,33,36). The largest absolute Gasteiger partial charge is 0.496 e. The molecule has 1 saturated carbocycles. The number of rotatable bonds is 9. The number of methoxy groups -OCH3 is 1. The predicted octanol–water partition coefficient (Wildman–Crippen LogP) is 5.20. The van der Waals surface area contributed by atoms with Crippen molar-refractivity contribution in [3.8, 4) is 5.75 Å². The SMILES string of the molecule is COc1cccc(C(=O)NS(=O)(=O)c2ccccc2C)c1Cc1cn(C=O)c2ccc(NC(=O)OC3CCCC3)cc12. The highest BCUT2D eigenvalue weighted by Crippen LogP contribution is 2.31. The lowest BCUT2D eigenvalue weighted by Gasteiger charge is -2.15. The first kappa shape index (κ1) is 28.9. The zero-order valence-corrected chi connectivity index (χ0v) is 24.1. The van der Waals surface area contributed by atoms with Crippen LogP contribution in [0.5, 0.6) is 5.75 Å². The number of aromatic nitrogens is 1. The maximum Gasteiger partial charge on any atom is 0.411 e. The summed E-state index contributed by atoms with van der Waals surface area (Å²) in [7, 11) is -2.70. The van der Waals surface area contributed by atoms with E-state index in [4.69, 9.17) is 9.47 Å². The Hall–Kier alpha value is -4.64. The van der Waals surface area contributed by atoms with E-state index in [0.29, 0.717) is 45.4 Å². The Labute approximate surface area is 243 Å². The van der Waals surface area contributed by atoms with Gasteiger partial charge in [0.2, 0.25) is 6.41 Å². The van der Waals surface area contributed by atoms with Gasteiger partial charge in [0.05, 0.1) is 17.5 Å². The third kappa shape index (κ3) is 6.01. The van der Waals surface area contributed by atoms with Crippen molar-refractivity contribution < 1.29 is 32.3 Å². The average molecular weight is 590 g/mol. The molecule has 1 aliphatic carbocycles. The van der Waals surface area contributed by atoms with Crippen LogP contribution in [0, 0.1) is 6.92 Å². The topological polar surface area (TPSA) is 133 Å². The molecule has 0 aliphatic heterocycles. The molecule has 0 radical (unpaired) electrons. The number of carbonyl (C=O) groups is 3. The van der Waals surface area contributed by atoms with Crippen LogP contribution in [0.2, 0.25) is 0 Å². The van der Waals surface area contributed by atoms with E-state index in [2.05, 4.69) is 10.0 Å². The molecule has 0 bridgehead atoms. The number of carbonyl (C=O) groups excluding carboxylic acids is 3. The Bertz CT molecular complexity index is 1770. The lowest BCUT2D eigenvalue weighted by Crippen LogP contribution is -2.31. The summed E-state index contributed by atoms with van der Waals surface area (Å²) in [5, 5.41) is 3.42. The van der Waals surface area contributed by atoms with Crippen molar-refractivity contribution >= 4 is 45.0 Å². The minimum absolute atomic E-state index is 0.00309. The average Bonchev–Trinajstić information content (AvgIpc) is 3.60. The van der Waals surface area contributed by atoms with E-state index in [1.54, 1.807) is 61.7 Å². The van der Waals surface area contributed by atoms with Gasteiger partial charge >= 0.3 is 6.09 Å². The summed E-state index contributed by atoms with van der Waals surface area (Å²) in [4.78, 5) is 37.8. The van der Waals surface area contributed by atoms with Crippen LogP contribution in [0.4, 0.5) is 10.5 Å². The molecule has 0 saturated heterocycles. The van der Waals surface area contributed by atoms with Crippen LogP contribution in [-0.2, 0) is 26.0 Å². The van der Waals surface area contributed by atoms with E-state index in [9.17, 15) is 22.8 Å². The van der Waals surface area contributed by atoms with Gasteiger partial charge in [-0.2, -0.15) is 0 Å². The summed E-state index contributed by atoms with van der Waals surface area (Å²) in [5.74, 6) is -0.444. The first-order valence-electron chi connectivity index (χ1n) is 13.5. The molecule has 1 fully saturated rings. The number of ether oxygens (including phenoxy) is 2. The molecule has 0 unspecified atom stereocenters. The van der Waals surface area contributed by atoms with Gasteiger partial charge in [-0.1, -0.05) is 24.3 Å². The zero-order valence-electron chi connectivity index (χ0n) is 23.3. The summed E-state index contributed by atoms with van der Waals surface area (Å²) in [6, 6.07) is 16.3. The van der Waals surface area contributed by atoms with Gasteiger partial charge in [0.25, 0.3) is 15.9 Å². The van der Waals surface area contributed by atoms with Crippen LogP contribution in [0.15, 0.2) is 71.8 Å². The second-order valence-corrected chi connectivity index (χ2v) is 11.8. The predicted molar refractivity (Wildman–Crippen MR) is 158 cm³/mol. The smallest absolute Gasteiger partial charge is 0.411 e. The van der Waals surface area contributed by atoms with Crippen molar-refractivity contribution in [2.75, 3.05) is 12.4 Å². The van der Waals surface area contributed by atoms with Crippen molar-refractivity contribution in [1.29, 1.82) is 0 Å². The maximum absolute atomic E-state index is 13.4. The Morgan fingerprint density at radius 3 is 2.52 bits per heavy atom. The number of nitrogens with one attached hydrogen (secondary N) is 2. The highest BCUT2D eigenvalue weighted by Gasteiger charge is 2.25. The van der Waals surface area contributed by atoms with Crippen LogP contribution < -0.4 is 14.8 Å². The number of hydrogen-bond donors (Lipinski definition) is 2. The summed E-state index contributed by atoms with van der Waals surface area (Å²) in [5.41, 5.74) is 2.77. The van der Waals surface area contributed by atoms with Crippen molar-refractivity contribution in [3.63, 3.8) is 0 Å². The van der Waals surface area contributed by atoms with Gasteiger partial charge in [-0.25, -0.2) is 17.9 Å². The number of anilines is 1. The lowest BCUT2D eigenvalue weighted by atomic mass is 9.97. The van der Waals surface area contributed by atoms with Gasteiger partial charge in [-0.05, 0) is 80.1 Å². The van der Waals surface area contributed by atoms with E-state index in [-0.39, 0.29) is 23.0 Å². The molecular formula is C31H31N3O7S. The van der Waals surface area contributed by atoms with Gasteiger partial charge in [-0.3, -0.25) is 19.5 Å². The number of fused-ring (bicyclic) bond motifs is 1. The van der Waals surface area contributed by atoms with Crippen LogP contribution in [0.3, 0.4) is 0 Å². The lowest BCUT2D eigenvalue weighted by molar-refractivity contribution is 0.0979. The number of sulfonamides is 1. The highest BCUT2D eigenvalue weighted by molar-refractivity contribution is 7.90. The highest BCUT2D eigenvalue weighted by atomic mass is 32.2. The molecular weight excluding hydrogens is 558 g/mol. The first-order chi connectivity index (χ1) is 20.2. The van der Waals surface area contributed by atoms with Gasteiger partial charge in [-0.15, -0.1) is 0 Å². The maximum atomic E-state index is 13.4. The number of amides is 2. The number of aryl methyl sites for hydroxylation is 1. The number of hydrogen-bond acceptors (Lipinski definition) is 7. The molecule has 1 aliphatic rings. The number of nitrogens with zero attached hydrogens (tertiary/aromatic N) is 1. The molecule has 2 amide bonds. The Kier molecular flexibility index (Phi) is 8.30. The third-order valence-electron chi connectivity index (χ3n) is 7.43. The fourth-order valence-corrected chi connectivity index (χ4v) is 6.58. The molecule has 3 aromatic carbocycles. The molecule has 42 heavy (non-hydrogen) atoms. The van der Waals surface area contributed by atoms with Crippen LogP contribution >= 0.6 is 0 Å². The van der Waals surface area contributed by atoms with E-state index >= 15 is 0 Å². The second-order valence-electron chi connectivity index (χ2n) is 10.2. The molecule has 11 heteroatoms. The van der Waals surface area contributed by atoms with E-state index in [1.807, 2.05) is 0 Å². The molecule has 218 valence electrons. The van der Waals surface area contributed by atoms with E-state index in [0.717, 1.165) is 25.7 Å². The molecule has 0 atom stereocenters. The first-order valence-corrected chi connectivity index (χ1v) is 15.0. The molecule has 1 aromatic heterocycles. The summed E-state index contributed by atoms with van der Waals surface area (Å²) >= 11 is 0. The summed E-state index contributed by atoms with van der Waals surface area (Å²) < 4.78 is 40.8. The van der Waals surface area contributed by atoms with Crippen molar-refractivity contribution in [2.45, 2.75) is 50.0 Å². The second kappa shape index (κ2) is 12.1. The van der Waals surface area contributed by atoms with E-state index < -0.39 is 22.0 Å². The normalized spacial score (nSPS) is 13.6. The third-order valence-corrected chi connectivity index (χ3v) is 8.92. The molecule has 4 aromatic rings. The van der Waals surface area contributed by atoms with Gasteiger partial charge in [0.15, 0.2) is 0 Å². The molecule has 10 nitrogen and oxygen atoms in total. The van der Waals surface area contributed by atoms with Crippen LogP contribution in [0.25, 0.3) is 10.9 Å². The van der Waals surface area contributed by atoms with Gasteiger partial charge < -0.3 is 9.47 Å². The molecule has 2 N–H and O–H groups in total. The fourth-order valence-electron chi connectivity index (χ4n) is 5.37. The summed E-state index contributed by atoms with van der Waals surface area (Å²) in [6.07, 6.45) is 5.56. The minimum Gasteiger partial charge on any atom is -0.496 e. The molecule has 0 spiro atoms. The number of benzene rings is 3. The van der Waals surface area contributed by atoms with Crippen LogP contribution in [0.1, 0.15) is 52.7 Å². The van der Waals surface area contributed by atoms with E-state index in [1.165, 1.54) is 23.8 Å². The monoisotopic (exact) mass is 589 g/mol. The quantitative estimate of drug-likeness (QED) is 0.257. The van der Waals surface area contributed by atoms with Crippen molar-refractivity contribution in [3.05, 3.63) is 89.1 Å². The summed E-state index contributed by atoms with van der Waals surface area (Å²) in [6.45, 7) is 1.65. The van der Waals surface area contributed by atoms with Crippen molar-refractivity contribution in [2.24, 2.45) is 0 Å². The van der Waals surface area contributed by atoms with Crippen molar-refractivity contribution in [1.82, 2.24) is 9.29 Å². The Balaban J connectivity index is 1.47. The van der Waals surface area contributed by atoms with Gasteiger partial charge in [0.1, 0.15) is 11.9 Å². The van der Waals surface area contributed by atoms with Crippen LogP contribution in [-0.4, -0.2) is 44.6 Å². The Morgan fingerprint density at radius 2 is 1.81 bits per heavy atom. The molecule has 5 rings (SSSR count). The zero-order chi connectivity index (χ0) is 29.9. The Morgan fingerprint density at radius 1 is 1.05 bits per heavy atom.